The fourth-order valence-electron chi connectivity index (χ4n) is 5.86. The number of hydrogen-bond donors (Lipinski definition) is 2. The van der Waals surface area contributed by atoms with Gasteiger partial charge >= 0.3 is 0 Å². The predicted octanol–water partition coefficient (Wildman–Crippen LogP) is 3.74. The van der Waals surface area contributed by atoms with Crippen molar-refractivity contribution < 1.29 is 24.2 Å². The van der Waals surface area contributed by atoms with Gasteiger partial charge in [0, 0.05) is 37.3 Å². The number of benzene rings is 2. The maximum absolute atomic E-state index is 13.3. The molecule has 0 aromatic heterocycles. The van der Waals surface area contributed by atoms with Crippen LogP contribution in [-0.4, -0.2) is 66.8 Å². The minimum absolute atomic E-state index is 0.0428. The average molecular weight is 525 g/mol. The second-order valence-corrected chi connectivity index (χ2v) is 15.0. The van der Waals surface area contributed by atoms with E-state index in [-0.39, 0.29) is 55.1 Å². The largest absolute Gasteiger partial charge is 0.432 e. The number of ether oxygens (including phenoxy) is 1. The van der Waals surface area contributed by atoms with Crippen molar-refractivity contribution >= 4 is 25.8 Å². The molecule has 2 amide bonds. The minimum atomic E-state index is -2.60. The Bertz CT molecular complexity index is 1060. The summed E-state index contributed by atoms with van der Waals surface area (Å²) < 4.78 is 6.50. The van der Waals surface area contributed by atoms with Gasteiger partial charge in [0.1, 0.15) is 0 Å². The summed E-state index contributed by atoms with van der Waals surface area (Å²) in [6, 6.07) is 17.9. The molecular formula is C29H40N2O5Si. The summed E-state index contributed by atoms with van der Waals surface area (Å²) in [4.78, 5) is 39.7. The molecule has 0 unspecified atom stereocenters. The number of aliphatic hydroxyl groups is 1. The highest BCUT2D eigenvalue weighted by Crippen LogP contribution is 2.45. The normalized spacial score (nSPS) is 23.7. The number of carbonyl (C=O) groups is 2. The molecule has 0 aliphatic carbocycles. The van der Waals surface area contributed by atoms with Gasteiger partial charge in [-0.3, -0.25) is 9.59 Å². The third kappa shape index (κ3) is 6.68. The Hall–Kier alpha value is -2.52. The van der Waals surface area contributed by atoms with E-state index >= 15 is 0 Å². The highest BCUT2D eigenvalue weighted by atomic mass is 28.4. The number of rotatable bonds is 11. The summed E-state index contributed by atoms with van der Waals surface area (Å²) in [5, 5.41) is 9.57. The number of anilines is 1. The van der Waals surface area contributed by atoms with Crippen molar-refractivity contribution in [3.05, 3.63) is 65.7 Å². The van der Waals surface area contributed by atoms with Crippen molar-refractivity contribution in [2.24, 2.45) is 5.92 Å². The number of nitrogens with zero attached hydrogens (tertiary/aromatic N) is 2. The van der Waals surface area contributed by atoms with Crippen LogP contribution in [-0.2, 0) is 27.3 Å². The second kappa shape index (κ2) is 11.9. The first-order chi connectivity index (χ1) is 17.7. The minimum Gasteiger partial charge on any atom is -0.432 e. The lowest BCUT2D eigenvalue weighted by atomic mass is 9.95. The smallest absolute Gasteiger partial charge is 0.228 e. The Morgan fingerprint density at radius 1 is 1.08 bits per heavy atom. The molecule has 0 saturated carbocycles. The first kappa shape index (κ1) is 27.5. The number of aryl methyl sites for hydroxylation is 1. The molecule has 0 spiro atoms. The molecule has 2 aliphatic heterocycles. The summed E-state index contributed by atoms with van der Waals surface area (Å²) >= 11 is 0. The topological polar surface area (TPSA) is 90.3 Å². The first-order valence-corrected chi connectivity index (χ1v) is 16.4. The van der Waals surface area contributed by atoms with E-state index in [0.29, 0.717) is 13.0 Å². The Morgan fingerprint density at radius 3 is 2.35 bits per heavy atom. The van der Waals surface area contributed by atoms with Crippen molar-refractivity contribution in [1.82, 2.24) is 4.90 Å². The van der Waals surface area contributed by atoms with Crippen molar-refractivity contribution in [1.29, 1.82) is 0 Å². The van der Waals surface area contributed by atoms with Crippen LogP contribution >= 0.6 is 0 Å². The Labute approximate surface area is 221 Å². The van der Waals surface area contributed by atoms with E-state index in [1.54, 1.807) is 9.80 Å². The van der Waals surface area contributed by atoms with Gasteiger partial charge in [0.05, 0.1) is 25.2 Å². The van der Waals surface area contributed by atoms with Gasteiger partial charge in [-0.2, -0.15) is 0 Å². The molecule has 0 radical (unpaired) electrons. The molecule has 8 heteroatoms. The SMILES string of the molecule is C[C@@H]1[C@@H]([Si](C)(C)O)[C@H](CC(=O)N(CCO)Cc2ccccc2)O[C@@H]1CCc1ccc(N2CCC2=O)cc1. The fourth-order valence-corrected chi connectivity index (χ4v) is 8.47. The molecule has 0 bridgehead atoms. The van der Waals surface area contributed by atoms with Gasteiger partial charge < -0.3 is 24.4 Å². The zero-order chi connectivity index (χ0) is 26.6. The highest BCUT2D eigenvalue weighted by Gasteiger charge is 2.50. The van der Waals surface area contributed by atoms with Gasteiger partial charge in [-0.15, -0.1) is 0 Å². The predicted molar refractivity (Wildman–Crippen MR) is 147 cm³/mol. The number of aliphatic hydroxyl groups excluding tert-OH is 1. The van der Waals surface area contributed by atoms with Crippen molar-refractivity contribution in [2.75, 3.05) is 24.6 Å². The van der Waals surface area contributed by atoms with E-state index in [4.69, 9.17) is 4.74 Å². The van der Waals surface area contributed by atoms with E-state index in [2.05, 4.69) is 19.1 Å². The molecule has 200 valence electrons. The quantitative estimate of drug-likeness (QED) is 0.345. The zero-order valence-electron chi connectivity index (χ0n) is 22.2. The summed E-state index contributed by atoms with van der Waals surface area (Å²) in [6.07, 6.45) is 2.08. The van der Waals surface area contributed by atoms with E-state index in [9.17, 15) is 19.5 Å². The lowest BCUT2D eigenvalue weighted by Gasteiger charge is -2.31. The Morgan fingerprint density at radius 2 is 1.78 bits per heavy atom. The lowest BCUT2D eigenvalue weighted by Crippen LogP contribution is -2.43. The standard InChI is InChI=1S/C29H40N2O5Si/c1-21-25(14-11-22-9-12-24(13-10-22)31-16-15-27(31)33)36-26(29(21)37(2,3)35)19-28(34)30(17-18-32)20-23-7-5-4-6-8-23/h4-10,12-13,21,25-26,29,32,35H,11,14-20H2,1-3H3/t21-,25+,26-,29+/m0/s1. The van der Waals surface area contributed by atoms with Crippen molar-refractivity contribution in [3.8, 4) is 0 Å². The van der Waals surface area contributed by atoms with Gasteiger partial charge in [-0.05, 0) is 55.1 Å². The molecule has 2 N–H and O–H groups in total. The van der Waals surface area contributed by atoms with Crippen LogP contribution in [0.5, 0.6) is 0 Å². The van der Waals surface area contributed by atoms with Crippen LogP contribution < -0.4 is 4.90 Å². The molecule has 2 aromatic rings. The molecule has 2 saturated heterocycles. The molecule has 2 heterocycles. The molecule has 2 fully saturated rings. The van der Waals surface area contributed by atoms with Crippen LogP contribution in [0.25, 0.3) is 0 Å². The van der Waals surface area contributed by atoms with Gasteiger partial charge in [-0.1, -0.05) is 49.4 Å². The van der Waals surface area contributed by atoms with Crippen LogP contribution in [0.1, 0.15) is 37.3 Å². The van der Waals surface area contributed by atoms with Crippen molar-refractivity contribution in [2.45, 2.75) is 70.0 Å². The van der Waals surface area contributed by atoms with Gasteiger partial charge in [0.25, 0.3) is 0 Å². The first-order valence-electron chi connectivity index (χ1n) is 13.4. The van der Waals surface area contributed by atoms with E-state index < -0.39 is 8.32 Å². The number of carbonyl (C=O) groups excluding carboxylic acids is 2. The Kier molecular flexibility index (Phi) is 8.85. The molecule has 7 nitrogen and oxygen atoms in total. The van der Waals surface area contributed by atoms with E-state index in [0.717, 1.165) is 30.6 Å². The zero-order valence-corrected chi connectivity index (χ0v) is 23.2. The Balaban J connectivity index is 1.39. The fraction of sp³-hybridized carbons (Fsp3) is 0.517. The summed E-state index contributed by atoms with van der Waals surface area (Å²) in [6.45, 7) is 7.40. The third-order valence-corrected chi connectivity index (χ3v) is 10.4. The van der Waals surface area contributed by atoms with Crippen molar-refractivity contribution in [3.63, 3.8) is 0 Å². The number of β-lactam (4-membered cyclic amide) rings is 1. The van der Waals surface area contributed by atoms with Gasteiger partial charge in [-0.25, -0.2) is 0 Å². The molecule has 37 heavy (non-hydrogen) atoms. The third-order valence-electron chi connectivity index (χ3n) is 7.85. The summed E-state index contributed by atoms with van der Waals surface area (Å²) in [5.74, 6) is 0.252. The monoisotopic (exact) mass is 524 g/mol. The van der Waals surface area contributed by atoms with Gasteiger partial charge in [0.2, 0.25) is 11.8 Å². The van der Waals surface area contributed by atoms with Crippen LogP contribution in [0.4, 0.5) is 5.69 Å². The van der Waals surface area contributed by atoms with Crippen LogP contribution in [0.15, 0.2) is 54.6 Å². The summed E-state index contributed by atoms with van der Waals surface area (Å²) in [7, 11) is -2.60. The number of amides is 2. The molecular weight excluding hydrogens is 484 g/mol. The molecule has 2 aromatic carbocycles. The lowest BCUT2D eigenvalue weighted by molar-refractivity contribution is -0.135. The van der Waals surface area contributed by atoms with Crippen LogP contribution in [0.3, 0.4) is 0 Å². The highest BCUT2D eigenvalue weighted by molar-refractivity contribution is 6.71. The van der Waals surface area contributed by atoms with Gasteiger partial charge in [0.15, 0.2) is 8.32 Å². The van der Waals surface area contributed by atoms with E-state index in [1.165, 1.54) is 5.56 Å². The van der Waals surface area contributed by atoms with Crippen LogP contribution in [0.2, 0.25) is 18.6 Å². The molecule has 4 atom stereocenters. The molecule has 4 rings (SSSR count). The maximum Gasteiger partial charge on any atom is 0.228 e. The van der Waals surface area contributed by atoms with E-state index in [1.807, 2.05) is 55.6 Å². The number of hydrogen-bond acceptors (Lipinski definition) is 5. The molecule has 2 aliphatic rings. The average Bonchev–Trinajstić information content (AvgIpc) is 3.17. The maximum atomic E-state index is 13.3. The second-order valence-electron chi connectivity index (χ2n) is 11.0. The van der Waals surface area contributed by atoms with Crippen LogP contribution in [0, 0.1) is 5.92 Å². The summed E-state index contributed by atoms with van der Waals surface area (Å²) in [5.41, 5.74) is 3.09.